The fourth-order valence-corrected chi connectivity index (χ4v) is 5.39. The molecule has 1 atom stereocenters. The van der Waals surface area contributed by atoms with E-state index in [1.807, 2.05) is 6.92 Å². The molecule has 0 aromatic heterocycles. The van der Waals surface area contributed by atoms with Crippen LogP contribution in [-0.4, -0.2) is 94.0 Å². The van der Waals surface area contributed by atoms with Crippen molar-refractivity contribution in [3.8, 4) is 0 Å². The minimum Gasteiger partial charge on any atom is -0.382 e. The highest BCUT2D eigenvalue weighted by molar-refractivity contribution is 7.91. The normalized spacial score (nSPS) is 23.3. The number of piperidine rings is 1. The molecule has 0 saturated carbocycles. The van der Waals surface area contributed by atoms with Gasteiger partial charge in [-0.1, -0.05) is 0 Å². The Kier molecular flexibility index (Phi) is 8.50. The number of nitrogens with zero attached hydrogens (tertiary/aromatic N) is 2. The molecule has 1 unspecified atom stereocenters. The molecule has 0 aromatic rings. The molecule has 2 rings (SSSR count). The van der Waals surface area contributed by atoms with E-state index in [0.717, 1.165) is 19.3 Å². The first-order valence-corrected chi connectivity index (χ1v) is 11.7. The van der Waals surface area contributed by atoms with Crippen molar-refractivity contribution in [1.29, 1.82) is 0 Å². The first kappa shape index (κ1) is 22.1. The maximum absolute atomic E-state index is 12.5. The monoisotopic (exact) mass is 403 g/mol. The zero-order valence-corrected chi connectivity index (χ0v) is 17.3. The van der Waals surface area contributed by atoms with Crippen LogP contribution >= 0.6 is 0 Å². The number of amides is 2. The van der Waals surface area contributed by atoms with Gasteiger partial charge in [0.15, 0.2) is 9.84 Å². The second kappa shape index (κ2) is 10.4. The number of rotatable bonds is 9. The molecule has 8 nitrogen and oxygen atoms in total. The summed E-state index contributed by atoms with van der Waals surface area (Å²) in [7, 11) is -1.31. The van der Waals surface area contributed by atoms with Gasteiger partial charge in [0.05, 0.1) is 18.1 Å². The van der Waals surface area contributed by atoms with Crippen molar-refractivity contribution in [2.24, 2.45) is 5.92 Å². The maximum Gasteiger partial charge on any atom is 0.236 e. The smallest absolute Gasteiger partial charge is 0.236 e. The van der Waals surface area contributed by atoms with E-state index in [1.54, 1.807) is 11.9 Å². The molecule has 2 aliphatic heterocycles. The lowest BCUT2D eigenvalue weighted by molar-refractivity contribution is -0.133. The van der Waals surface area contributed by atoms with Gasteiger partial charge in [0, 0.05) is 38.8 Å². The lowest BCUT2D eigenvalue weighted by atomic mass is 9.96. The van der Waals surface area contributed by atoms with Crippen molar-refractivity contribution in [2.45, 2.75) is 38.6 Å². The average Bonchev–Trinajstić information content (AvgIpc) is 3.01. The predicted octanol–water partition coefficient (Wildman–Crippen LogP) is -0.113. The quantitative estimate of drug-likeness (QED) is 0.540. The van der Waals surface area contributed by atoms with Crippen LogP contribution in [0, 0.1) is 5.92 Å². The Hall–Kier alpha value is -1.19. The van der Waals surface area contributed by atoms with E-state index in [0.29, 0.717) is 39.3 Å². The van der Waals surface area contributed by atoms with E-state index in [9.17, 15) is 18.0 Å². The third-order valence-electron chi connectivity index (χ3n) is 5.44. The summed E-state index contributed by atoms with van der Waals surface area (Å²) in [5, 5.41) is 2.96. The summed E-state index contributed by atoms with van der Waals surface area (Å²) in [6.45, 7) is 5.63. The highest BCUT2D eigenvalue weighted by Crippen LogP contribution is 2.19. The Morgan fingerprint density at radius 3 is 2.52 bits per heavy atom. The Morgan fingerprint density at radius 1 is 1.22 bits per heavy atom. The second-order valence-corrected chi connectivity index (χ2v) is 9.68. The number of nitrogens with one attached hydrogen (secondary N) is 1. The SMILES string of the molecule is CCOCCCNC(=O)C1CCN(CC(=O)N(C)C2CCS(=O)(=O)C2)CC1. The minimum absolute atomic E-state index is 0.00107. The van der Waals surface area contributed by atoms with E-state index in [1.165, 1.54) is 0 Å². The van der Waals surface area contributed by atoms with Crippen LogP contribution in [0.4, 0.5) is 0 Å². The summed E-state index contributed by atoms with van der Waals surface area (Å²) in [4.78, 5) is 28.3. The summed E-state index contributed by atoms with van der Waals surface area (Å²) in [6.07, 6.45) is 2.82. The van der Waals surface area contributed by atoms with Gasteiger partial charge in [-0.05, 0) is 45.7 Å². The number of ether oxygens (including phenoxy) is 1. The number of sulfone groups is 1. The molecule has 0 radical (unpaired) electrons. The van der Waals surface area contributed by atoms with Crippen molar-refractivity contribution < 1.29 is 22.7 Å². The molecule has 0 aliphatic carbocycles. The van der Waals surface area contributed by atoms with Crippen LogP contribution in [-0.2, 0) is 24.2 Å². The van der Waals surface area contributed by atoms with Crippen LogP contribution in [0.2, 0.25) is 0 Å². The summed E-state index contributed by atoms with van der Waals surface area (Å²) in [5.74, 6) is 0.282. The Morgan fingerprint density at radius 2 is 1.93 bits per heavy atom. The van der Waals surface area contributed by atoms with E-state index >= 15 is 0 Å². The molecule has 2 amide bonds. The van der Waals surface area contributed by atoms with Gasteiger partial charge < -0.3 is 15.0 Å². The molecule has 0 aromatic carbocycles. The third kappa shape index (κ3) is 7.04. The van der Waals surface area contributed by atoms with E-state index in [4.69, 9.17) is 4.74 Å². The van der Waals surface area contributed by atoms with E-state index < -0.39 is 9.84 Å². The number of hydrogen-bond donors (Lipinski definition) is 1. The first-order chi connectivity index (χ1) is 12.8. The van der Waals surface area contributed by atoms with Gasteiger partial charge in [-0.25, -0.2) is 8.42 Å². The molecular formula is C18H33N3O5S. The second-order valence-electron chi connectivity index (χ2n) is 7.45. The van der Waals surface area contributed by atoms with Crippen LogP contribution in [0.3, 0.4) is 0 Å². The van der Waals surface area contributed by atoms with Gasteiger partial charge in [-0.3, -0.25) is 14.5 Å². The first-order valence-electron chi connectivity index (χ1n) is 9.86. The topological polar surface area (TPSA) is 96.0 Å². The molecular weight excluding hydrogens is 370 g/mol. The van der Waals surface area contributed by atoms with Crippen molar-refractivity contribution in [2.75, 3.05) is 57.9 Å². The Bertz CT molecular complexity index is 602. The van der Waals surface area contributed by atoms with Crippen molar-refractivity contribution in [3.05, 3.63) is 0 Å². The molecule has 0 bridgehead atoms. The maximum atomic E-state index is 12.5. The summed E-state index contributed by atoms with van der Waals surface area (Å²) < 4.78 is 28.4. The standard InChI is InChI=1S/C18H33N3O5S/c1-3-26-11-4-8-19-18(23)15-5-9-21(10-6-15)13-17(22)20(2)16-7-12-27(24,25)14-16/h15-16H,3-14H2,1-2H3,(H,19,23). The van der Waals surface area contributed by atoms with Crippen molar-refractivity contribution in [3.63, 3.8) is 0 Å². The fraction of sp³-hybridized carbons (Fsp3) is 0.889. The van der Waals surface area contributed by atoms with E-state index in [-0.39, 0.29) is 41.8 Å². The van der Waals surface area contributed by atoms with Crippen LogP contribution in [0.25, 0.3) is 0 Å². The van der Waals surface area contributed by atoms with Gasteiger partial charge in [-0.2, -0.15) is 0 Å². The number of likely N-dealkylation sites (N-methyl/N-ethyl adjacent to an activating group) is 1. The highest BCUT2D eigenvalue weighted by Gasteiger charge is 2.33. The largest absolute Gasteiger partial charge is 0.382 e. The molecule has 2 heterocycles. The molecule has 0 spiro atoms. The molecule has 156 valence electrons. The molecule has 2 aliphatic rings. The summed E-state index contributed by atoms with van der Waals surface area (Å²) in [6, 6.07) is -0.206. The number of hydrogen-bond acceptors (Lipinski definition) is 6. The van der Waals surface area contributed by atoms with E-state index in [2.05, 4.69) is 10.2 Å². The fourth-order valence-electron chi connectivity index (χ4n) is 3.62. The Labute approximate surface area is 162 Å². The molecule has 2 saturated heterocycles. The summed E-state index contributed by atoms with van der Waals surface area (Å²) >= 11 is 0. The lowest BCUT2D eigenvalue weighted by Gasteiger charge is -2.33. The van der Waals surface area contributed by atoms with Gasteiger partial charge in [0.25, 0.3) is 0 Å². The van der Waals surface area contributed by atoms with Gasteiger partial charge in [0.2, 0.25) is 11.8 Å². The third-order valence-corrected chi connectivity index (χ3v) is 7.19. The predicted molar refractivity (Wildman–Crippen MR) is 103 cm³/mol. The Balaban J connectivity index is 1.66. The zero-order chi connectivity index (χ0) is 19.9. The van der Waals surface area contributed by atoms with Crippen LogP contribution in [0.1, 0.15) is 32.6 Å². The number of likely N-dealkylation sites (tertiary alicyclic amines) is 1. The molecule has 2 fully saturated rings. The van der Waals surface area contributed by atoms with Crippen molar-refractivity contribution >= 4 is 21.7 Å². The average molecular weight is 404 g/mol. The lowest BCUT2D eigenvalue weighted by Crippen LogP contribution is -2.47. The van der Waals surface area contributed by atoms with Crippen LogP contribution in [0.5, 0.6) is 0 Å². The highest BCUT2D eigenvalue weighted by atomic mass is 32.2. The van der Waals surface area contributed by atoms with Crippen LogP contribution in [0.15, 0.2) is 0 Å². The van der Waals surface area contributed by atoms with Gasteiger partial charge in [-0.15, -0.1) is 0 Å². The molecule has 1 N–H and O–H groups in total. The molecule has 27 heavy (non-hydrogen) atoms. The zero-order valence-electron chi connectivity index (χ0n) is 16.5. The van der Waals surface area contributed by atoms with Crippen LogP contribution < -0.4 is 5.32 Å². The van der Waals surface area contributed by atoms with Crippen molar-refractivity contribution in [1.82, 2.24) is 15.1 Å². The number of carbonyl (C=O) groups excluding carboxylic acids is 2. The van der Waals surface area contributed by atoms with Gasteiger partial charge in [0.1, 0.15) is 0 Å². The molecule has 9 heteroatoms. The van der Waals surface area contributed by atoms with Gasteiger partial charge >= 0.3 is 0 Å². The minimum atomic E-state index is -3.00. The summed E-state index contributed by atoms with van der Waals surface area (Å²) in [5.41, 5.74) is 0. The number of carbonyl (C=O) groups is 2.